The van der Waals surface area contributed by atoms with E-state index >= 15 is 0 Å². The van der Waals surface area contributed by atoms with E-state index in [-0.39, 0.29) is 11.9 Å². The van der Waals surface area contributed by atoms with Gasteiger partial charge in [0.2, 0.25) is 0 Å². The summed E-state index contributed by atoms with van der Waals surface area (Å²) >= 11 is 3.42. The quantitative estimate of drug-likeness (QED) is 0.801. The first-order chi connectivity index (χ1) is 9.11. The molecule has 1 aliphatic heterocycles. The van der Waals surface area contributed by atoms with Gasteiger partial charge >= 0.3 is 5.97 Å². The molecule has 1 aromatic rings. The van der Waals surface area contributed by atoms with Crippen LogP contribution in [0.3, 0.4) is 0 Å². The van der Waals surface area contributed by atoms with Crippen LogP contribution >= 0.6 is 15.9 Å². The van der Waals surface area contributed by atoms with Crippen molar-refractivity contribution >= 4 is 27.7 Å². The van der Waals surface area contributed by atoms with Gasteiger partial charge in [0.15, 0.2) is 0 Å². The molecule has 0 N–H and O–H groups in total. The standard InChI is InChI=1S/C14H19BrN2O2/c1-3-19-14(18)11-5-4-6-17(9-11)13-10(2)7-12(15)8-16-13/h7-8,11H,3-6,9H2,1-2H3. The van der Waals surface area contributed by atoms with E-state index in [1.165, 1.54) is 0 Å². The lowest BCUT2D eigenvalue weighted by Crippen LogP contribution is -2.40. The summed E-state index contributed by atoms with van der Waals surface area (Å²) in [5.74, 6) is 0.859. The zero-order chi connectivity index (χ0) is 13.8. The average molecular weight is 327 g/mol. The van der Waals surface area contributed by atoms with Crippen molar-refractivity contribution < 1.29 is 9.53 Å². The molecule has 1 atom stereocenters. The first-order valence-corrected chi connectivity index (χ1v) is 7.45. The van der Waals surface area contributed by atoms with Gasteiger partial charge in [-0.3, -0.25) is 4.79 Å². The number of esters is 1. The molecule has 104 valence electrons. The molecule has 19 heavy (non-hydrogen) atoms. The summed E-state index contributed by atoms with van der Waals surface area (Å²) < 4.78 is 6.10. The molecular weight excluding hydrogens is 308 g/mol. The number of aromatic nitrogens is 1. The average Bonchev–Trinajstić information content (AvgIpc) is 2.39. The predicted octanol–water partition coefficient (Wildman–Crippen LogP) is 2.93. The minimum atomic E-state index is -0.0815. The first kappa shape index (κ1) is 14.3. The van der Waals surface area contributed by atoms with Crippen LogP contribution in [0.1, 0.15) is 25.3 Å². The van der Waals surface area contributed by atoms with Crippen molar-refractivity contribution in [2.24, 2.45) is 5.92 Å². The van der Waals surface area contributed by atoms with Gasteiger partial charge in [0.05, 0.1) is 12.5 Å². The minimum absolute atomic E-state index is 0.0291. The maximum absolute atomic E-state index is 11.8. The summed E-state index contributed by atoms with van der Waals surface area (Å²) in [4.78, 5) is 18.5. The summed E-state index contributed by atoms with van der Waals surface area (Å²) in [6.45, 7) is 5.99. The second-order valence-electron chi connectivity index (χ2n) is 4.83. The van der Waals surface area contributed by atoms with E-state index in [1.807, 2.05) is 13.8 Å². The molecule has 0 spiro atoms. The molecule has 2 rings (SSSR count). The fourth-order valence-corrected chi connectivity index (χ4v) is 2.93. The van der Waals surface area contributed by atoms with Crippen LogP contribution in [0.2, 0.25) is 0 Å². The van der Waals surface area contributed by atoms with E-state index in [9.17, 15) is 4.79 Å². The molecule has 0 bridgehead atoms. The monoisotopic (exact) mass is 326 g/mol. The Labute approximate surface area is 122 Å². The molecule has 0 radical (unpaired) electrons. The number of hydrogen-bond acceptors (Lipinski definition) is 4. The summed E-state index contributed by atoms with van der Waals surface area (Å²) in [5, 5.41) is 0. The van der Waals surface area contributed by atoms with Gasteiger partial charge in [-0.05, 0) is 54.2 Å². The molecule has 1 unspecified atom stereocenters. The number of aryl methyl sites for hydroxylation is 1. The van der Waals surface area contributed by atoms with E-state index in [1.54, 1.807) is 6.20 Å². The Balaban J connectivity index is 2.10. The van der Waals surface area contributed by atoms with E-state index in [2.05, 4.69) is 31.9 Å². The lowest BCUT2D eigenvalue weighted by atomic mass is 9.98. The second-order valence-corrected chi connectivity index (χ2v) is 5.75. The van der Waals surface area contributed by atoms with Crippen molar-refractivity contribution in [1.29, 1.82) is 0 Å². The number of rotatable bonds is 3. The van der Waals surface area contributed by atoms with Crippen LogP contribution in [0.15, 0.2) is 16.7 Å². The predicted molar refractivity (Wildman–Crippen MR) is 78.2 cm³/mol. The fraction of sp³-hybridized carbons (Fsp3) is 0.571. The Morgan fingerprint density at radius 2 is 2.42 bits per heavy atom. The van der Waals surface area contributed by atoms with E-state index < -0.39 is 0 Å². The van der Waals surface area contributed by atoms with E-state index in [0.29, 0.717) is 13.2 Å². The number of ether oxygens (including phenoxy) is 1. The van der Waals surface area contributed by atoms with Crippen LogP contribution in [0, 0.1) is 12.8 Å². The number of nitrogens with zero attached hydrogens (tertiary/aromatic N) is 2. The van der Waals surface area contributed by atoms with E-state index in [4.69, 9.17) is 4.74 Å². The maximum Gasteiger partial charge on any atom is 0.310 e. The number of hydrogen-bond donors (Lipinski definition) is 0. The third-order valence-corrected chi connectivity index (χ3v) is 3.79. The molecule has 1 aromatic heterocycles. The molecule has 0 aliphatic carbocycles. The molecule has 2 heterocycles. The van der Waals surface area contributed by atoms with Crippen LogP contribution in [-0.4, -0.2) is 30.6 Å². The lowest BCUT2D eigenvalue weighted by Gasteiger charge is -2.33. The van der Waals surface area contributed by atoms with Gasteiger partial charge < -0.3 is 9.64 Å². The minimum Gasteiger partial charge on any atom is -0.466 e. The van der Waals surface area contributed by atoms with Crippen LogP contribution < -0.4 is 4.90 Å². The molecule has 5 heteroatoms. The van der Waals surface area contributed by atoms with Crippen LogP contribution in [0.4, 0.5) is 5.82 Å². The van der Waals surface area contributed by atoms with Crippen LogP contribution in [0.25, 0.3) is 0 Å². The Kier molecular flexibility index (Phi) is 4.80. The number of piperidine rings is 1. The summed E-state index contributed by atoms with van der Waals surface area (Å²) in [7, 11) is 0. The van der Waals surface area contributed by atoms with Crippen molar-refractivity contribution in [1.82, 2.24) is 4.98 Å². The summed E-state index contributed by atoms with van der Waals surface area (Å²) in [5.41, 5.74) is 1.12. The number of anilines is 1. The number of carbonyl (C=O) groups excluding carboxylic acids is 1. The van der Waals surface area contributed by atoms with E-state index in [0.717, 1.165) is 35.2 Å². The molecule has 0 saturated carbocycles. The highest BCUT2D eigenvalue weighted by molar-refractivity contribution is 9.10. The maximum atomic E-state index is 11.8. The van der Waals surface area contributed by atoms with Crippen molar-refractivity contribution in [3.05, 3.63) is 22.3 Å². The molecule has 0 amide bonds. The summed E-state index contributed by atoms with van der Waals surface area (Å²) in [6, 6.07) is 2.05. The molecule has 1 aliphatic rings. The number of halogens is 1. The van der Waals surface area contributed by atoms with Crippen LogP contribution in [-0.2, 0) is 9.53 Å². The Bertz CT molecular complexity index is 465. The van der Waals surface area contributed by atoms with Crippen molar-refractivity contribution in [2.75, 3.05) is 24.6 Å². The number of carbonyl (C=O) groups is 1. The first-order valence-electron chi connectivity index (χ1n) is 6.65. The highest BCUT2D eigenvalue weighted by Crippen LogP contribution is 2.26. The summed E-state index contributed by atoms with van der Waals surface area (Å²) in [6.07, 6.45) is 3.71. The number of pyridine rings is 1. The largest absolute Gasteiger partial charge is 0.466 e. The smallest absolute Gasteiger partial charge is 0.310 e. The molecule has 1 fully saturated rings. The second kappa shape index (κ2) is 6.37. The zero-order valence-corrected chi connectivity index (χ0v) is 12.9. The van der Waals surface area contributed by atoms with Gasteiger partial charge in [-0.25, -0.2) is 4.98 Å². The normalized spacial score (nSPS) is 19.3. The third-order valence-electron chi connectivity index (χ3n) is 3.36. The van der Waals surface area contributed by atoms with Gasteiger partial charge in [-0.1, -0.05) is 0 Å². The van der Waals surface area contributed by atoms with Crippen molar-refractivity contribution in [2.45, 2.75) is 26.7 Å². The molecular formula is C14H19BrN2O2. The SMILES string of the molecule is CCOC(=O)C1CCCN(c2ncc(Br)cc2C)C1. The van der Waals surface area contributed by atoms with Crippen LogP contribution in [0.5, 0.6) is 0 Å². The van der Waals surface area contributed by atoms with Gasteiger partial charge in [0.1, 0.15) is 5.82 Å². The highest BCUT2D eigenvalue weighted by Gasteiger charge is 2.28. The van der Waals surface area contributed by atoms with Gasteiger partial charge in [-0.15, -0.1) is 0 Å². The van der Waals surface area contributed by atoms with Gasteiger partial charge in [-0.2, -0.15) is 0 Å². The Hall–Kier alpha value is -1.10. The van der Waals surface area contributed by atoms with Gasteiger partial charge in [0, 0.05) is 23.8 Å². The zero-order valence-electron chi connectivity index (χ0n) is 11.4. The molecule has 1 saturated heterocycles. The Morgan fingerprint density at radius 3 is 3.11 bits per heavy atom. The van der Waals surface area contributed by atoms with Crippen molar-refractivity contribution in [3.8, 4) is 0 Å². The lowest BCUT2D eigenvalue weighted by molar-refractivity contribution is -0.148. The highest BCUT2D eigenvalue weighted by atomic mass is 79.9. The van der Waals surface area contributed by atoms with Crippen molar-refractivity contribution in [3.63, 3.8) is 0 Å². The van der Waals surface area contributed by atoms with Gasteiger partial charge in [0.25, 0.3) is 0 Å². The molecule has 4 nitrogen and oxygen atoms in total. The molecule has 0 aromatic carbocycles. The third kappa shape index (κ3) is 3.47. The Morgan fingerprint density at radius 1 is 1.63 bits per heavy atom. The fourth-order valence-electron chi connectivity index (χ4n) is 2.49. The topological polar surface area (TPSA) is 42.4 Å².